The fraction of sp³-hybridized carbons (Fsp3) is 0.417. The highest BCUT2D eigenvalue weighted by Gasteiger charge is 2.00. The van der Waals surface area contributed by atoms with Crippen molar-refractivity contribution in [3.05, 3.63) is 29.8 Å². The minimum absolute atomic E-state index is 0.0370. The molecule has 3 heteroatoms. The molecule has 0 saturated heterocycles. The maximum absolute atomic E-state index is 11.1. The number of hydrogen-bond acceptors (Lipinski definition) is 2. The van der Waals surface area contributed by atoms with Crippen molar-refractivity contribution in [2.75, 3.05) is 5.32 Å². The van der Waals surface area contributed by atoms with Gasteiger partial charge in [0.25, 0.3) is 0 Å². The van der Waals surface area contributed by atoms with E-state index in [-0.39, 0.29) is 11.9 Å². The topological polar surface area (TPSA) is 55.1 Å². The summed E-state index contributed by atoms with van der Waals surface area (Å²) in [6.45, 7) is 3.81. The van der Waals surface area contributed by atoms with E-state index >= 15 is 0 Å². The van der Waals surface area contributed by atoms with Crippen LogP contribution in [0.4, 0.5) is 5.69 Å². The number of amides is 1. The molecule has 1 aromatic rings. The third-order valence-corrected chi connectivity index (χ3v) is 2.12. The zero-order valence-corrected chi connectivity index (χ0v) is 9.29. The molecule has 1 rings (SSSR count). The van der Waals surface area contributed by atoms with Gasteiger partial charge < -0.3 is 11.1 Å². The largest absolute Gasteiger partial charge is 0.328 e. The zero-order valence-electron chi connectivity index (χ0n) is 9.29. The molecule has 1 amide bonds. The van der Waals surface area contributed by atoms with E-state index in [9.17, 15) is 4.79 Å². The Kier molecular flexibility index (Phi) is 4.31. The Bertz CT molecular complexity index is 317. The van der Waals surface area contributed by atoms with Gasteiger partial charge in [0.05, 0.1) is 0 Å². The summed E-state index contributed by atoms with van der Waals surface area (Å²) in [4.78, 5) is 11.1. The smallest absolute Gasteiger partial charge is 0.224 e. The molecule has 3 N–H and O–H groups in total. The van der Waals surface area contributed by atoms with E-state index in [1.165, 1.54) is 5.56 Å². The fourth-order valence-corrected chi connectivity index (χ4v) is 1.35. The Labute approximate surface area is 90.7 Å². The van der Waals surface area contributed by atoms with Crippen LogP contribution in [0, 0.1) is 0 Å². The molecule has 0 spiro atoms. The summed E-state index contributed by atoms with van der Waals surface area (Å²) < 4.78 is 0. The number of carbonyl (C=O) groups is 1. The van der Waals surface area contributed by atoms with E-state index in [0.29, 0.717) is 6.42 Å². The van der Waals surface area contributed by atoms with Crippen LogP contribution in [-0.2, 0) is 11.2 Å². The van der Waals surface area contributed by atoms with Gasteiger partial charge >= 0.3 is 0 Å². The Hall–Kier alpha value is -1.35. The van der Waals surface area contributed by atoms with Crippen LogP contribution < -0.4 is 11.1 Å². The van der Waals surface area contributed by atoms with E-state index in [1.54, 1.807) is 0 Å². The lowest BCUT2D eigenvalue weighted by Gasteiger charge is -2.07. The van der Waals surface area contributed by atoms with Crippen LogP contribution in [0.2, 0.25) is 0 Å². The standard InChI is InChI=1S/C12H18N2O/c1-3-12(15)14-11-6-4-10(5-7-11)8-9(2)13/h4-7,9H,3,8,13H2,1-2H3,(H,14,15). The minimum atomic E-state index is 0.0370. The number of hydrogen-bond donors (Lipinski definition) is 2. The molecule has 0 bridgehead atoms. The van der Waals surface area contributed by atoms with Crippen molar-refractivity contribution in [2.24, 2.45) is 5.73 Å². The lowest BCUT2D eigenvalue weighted by molar-refractivity contribution is -0.115. The van der Waals surface area contributed by atoms with Crippen LogP contribution in [0.15, 0.2) is 24.3 Å². The van der Waals surface area contributed by atoms with E-state index in [0.717, 1.165) is 12.1 Å². The summed E-state index contributed by atoms with van der Waals surface area (Å²) in [6, 6.07) is 7.97. The maximum atomic E-state index is 11.1. The molecule has 0 aliphatic carbocycles. The molecule has 1 atom stereocenters. The number of carbonyl (C=O) groups excluding carboxylic acids is 1. The first kappa shape index (κ1) is 11.7. The summed E-state index contributed by atoms with van der Waals surface area (Å²) >= 11 is 0. The van der Waals surface area contributed by atoms with Crippen molar-refractivity contribution in [3.63, 3.8) is 0 Å². The quantitative estimate of drug-likeness (QED) is 0.790. The van der Waals surface area contributed by atoms with Crippen molar-refractivity contribution < 1.29 is 4.79 Å². The van der Waals surface area contributed by atoms with Gasteiger partial charge in [-0.1, -0.05) is 19.1 Å². The highest BCUT2D eigenvalue weighted by Crippen LogP contribution is 2.10. The van der Waals surface area contributed by atoms with Gasteiger partial charge in [0.15, 0.2) is 0 Å². The third-order valence-electron chi connectivity index (χ3n) is 2.12. The van der Waals surface area contributed by atoms with Crippen LogP contribution in [0.5, 0.6) is 0 Å². The molecule has 0 aromatic heterocycles. The molecule has 0 fully saturated rings. The first-order chi connectivity index (χ1) is 7.11. The number of benzene rings is 1. The molecule has 15 heavy (non-hydrogen) atoms. The molecule has 0 radical (unpaired) electrons. The monoisotopic (exact) mass is 206 g/mol. The van der Waals surface area contributed by atoms with Crippen LogP contribution in [0.25, 0.3) is 0 Å². The first-order valence-corrected chi connectivity index (χ1v) is 5.26. The lowest BCUT2D eigenvalue weighted by Crippen LogP contribution is -2.17. The van der Waals surface area contributed by atoms with Gasteiger partial charge in [-0.15, -0.1) is 0 Å². The van der Waals surface area contributed by atoms with Crippen molar-refractivity contribution in [3.8, 4) is 0 Å². The van der Waals surface area contributed by atoms with Gasteiger partial charge in [-0.3, -0.25) is 4.79 Å². The SMILES string of the molecule is CCC(=O)Nc1ccc(CC(C)N)cc1. The molecule has 0 aliphatic rings. The van der Waals surface area contributed by atoms with E-state index < -0.39 is 0 Å². The van der Waals surface area contributed by atoms with Gasteiger partial charge in [-0.2, -0.15) is 0 Å². The Morgan fingerprint density at radius 1 is 1.40 bits per heavy atom. The van der Waals surface area contributed by atoms with E-state index in [4.69, 9.17) is 5.73 Å². The van der Waals surface area contributed by atoms with Crippen molar-refractivity contribution in [2.45, 2.75) is 32.7 Å². The van der Waals surface area contributed by atoms with Gasteiger partial charge in [0, 0.05) is 18.2 Å². The molecule has 82 valence electrons. The van der Waals surface area contributed by atoms with Crippen molar-refractivity contribution in [1.29, 1.82) is 0 Å². The third kappa shape index (κ3) is 4.13. The predicted molar refractivity (Wildman–Crippen MR) is 62.7 cm³/mol. The molecule has 0 saturated carbocycles. The zero-order chi connectivity index (χ0) is 11.3. The molecule has 3 nitrogen and oxygen atoms in total. The van der Waals surface area contributed by atoms with E-state index in [1.807, 2.05) is 38.1 Å². The highest BCUT2D eigenvalue weighted by molar-refractivity contribution is 5.90. The van der Waals surface area contributed by atoms with Crippen LogP contribution >= 0.6 is 0 Å². The minimum Gasteiger partial charge on any atom is -0.328 e. The summed E-state index contributed by atoms with van der Waals surface area (Å²) in [6.07, 6.45) is 1.36. The molecule has 0 aliphatic heterocycles. The van der Waals surface area contributed by atoms with Crippen molar-refractivity contribution >= 4 is 11.6 Å². The lowest BCUT2D eigenvalue weighted by atomic mass is 10.1. The number of nitrogens with one attached hydrogen (secondary N) is 1. The highest BCUT2D eigenvalue weighted by atomic mass is 16.1. The first-order valence-electron chi connectivity index (χ1n) is 5.26. The van der Waals surface area contributed by atoms with Crippen LogP contribution in [0.1, 0.15) is 25.8 Å². The number of rotatable bonds is 4. The summed E-state index contributed by atoms with van der Waals surface area (Å²) in [5.41, 5.74) is 7.73. The summed E-state index contributed by atoms with van der Waals surface area (Å²) in [5.74, 6) is 0.0370. The molecule has 1 aromatic carbocycles. The predicted octanol–water partition coefficient (Wildman–Crippen LogP) is 1.92. The van der Waals surface area contributed by atoms with E-state index in [2.05, 4.69) is 5.32 Å². The molecular formula is C12H18N2O. The fourth-order valence-electron chi connectivity index (χ4n) is 1.35. The average molecular weight is 206 g/mol. The Balaban J connectivity index is 2.60. The van der Waals surface area contributed by atoms with Crippen molar-refractivity contribution in [1.82, 2.24) is 0 Å². The van der Waals surface area contributed by atoms with Gasteiger partial charge in [0.2, 0.25) is 5.91 Å². The normalized spacial score (nSPS) is 12.2. The second kappa shape index (κ2) is 5.51. The average Bonchev–Trinajstić information content (AvgIpc) is 2.20. The molecular weight excluding hydrogens is 188 g/mol. The second-order valence-electron chi connectivity index (χ2n) is 3.78. The van der Waals surface area contributed by atoms with Crippen LogP contribution in [-0.4, -0.2) is 11.9 Å². The van der Waals surface area contributed by atoms with Gasteiger partial charge in [-0.05, 0) is 31.0 Å². The Morgan fingerprint density at radius 2 is 2.00 bits per heavy atom. The maximum Gasteiger partial charge on any atom is 0.224 e. The Morgan fingerprint density at radius 3 is 2.47 bits per heavy atom. The number of nitrogens with two attached hydrogens (primary N) is 1. The summed E-state index contributed by atoms with van der Waals surface area (Å²) in [7, 11) is 0. The van der Waals surface area contributed by atoms with Gasteiger partial charge in [-0.25, -0.2) is 0 Å². The van der Waals surface area contributed by atoms with Crippen LogP contribution in [0.3, 0.4) is 0 Å². The second-order valence-corrected chi connectivity index (χ2v) is 3.78. The molecule has 0 heterocycles. The van der Waals surface area contributed by atoms with Gasteiger partial charge in [0.1, 0.15) is 0 Å². The molecule has 1 unspecified atom stereocenters. The number of anilines is 1. The summed E-state index contributed by atoms with van der Waals surface area (Å²) in [5, 5.41) is 2.80.